The Morgan fingerprint density at radius 2 is 0.563 bits per heavy atom. The first kappa shape index (κ1) is 53.1. The molecule has 10 rings (SSSR count). The van der Waals surface area contributed by atoms with Crippen molar-refractivity contribution >= 4 is 23.6 Å². The molecule has 0 spiro atoms. The molecule has 0 bridgehead atoms. The fraction of sp³-hybridized carbons (Fsp3) is 0.121. The summed E-state index contributed by atoms with van der Waals surface area (Å²) in [5, 5.41) is 3.86. The summed E-state index contributed by atoms with van der Waals surface area (Å²) in [5.41, 5.74) is 23.2. The molecule has 0 saturated heterocycles. The Kier molecular flexibility index (Phi) is 16.4. The van der Waals surface area contributed by atoms with Crippen LogP contribution in [0.25, 0.3) is 66.8 Å². The normalized spacial score (nSPS) is 14.4. The third-order valence-electron chi connectivity index (χ3n) is 15.2. The van der Waals surface area contributed by atoms with Crippen molar-refractivity contribution < 1.29 is 57.7 Å². The Bertz CT molecular complexity index is 3040. The number of aryl methyl sites for hydroxylation is 3. The number of hydrogen-bond acceptors (Lipinski definition) is 0. The van der Waals surface area contributed by atoms with Crippen molar-refractivity contribution in [2.24, 2.45) is 0 Å². The fourth-order valence-corrected chi connectivity index (χ4v) is 19.6. The van der Waals surface area contributed by atoms with Crippen molar-refractivity contribution in [2.45, 2.75) is 53.5 Å². The maximum Gasteiger partial charge on any atom is -1.00 e. The summed E-state index contributed by atoms with van der Waals surface area (Å²) >= 11 is 2.45. The molecule has 0 aromatic heterocycles. The zero-order chi connectivity index (χ0) is 47.2. The summed E-state index contributed by atoms with van der Waals surface area (Å²) < 4.78 is 1.46. The van der Waals surface area contributed by atoms with Crippen LogP contribution in [-0.2, 0) is 20.4 Å². The van der Waals surface area contributed by atoms with Crippen molar-refractivity contribution in [1.29, 1.82) is 0 Å². The topological polar surface area (TPSA) is 0 Å². The van der Waals surface area contributed by atoms with Gasteiger partial charge in [0.25, 0.3) is 0 Å². The van der Waals surface area contributed by atoms with Gasteiger partial charge in [0.2, 0.25) is 0 Å². The molecule has 0 saturated carbocycles. The first-order chi connectivity index (χ1) is 33.0. The number of allylic oxidation sites excluding steroid dienone is 4. The van der Waals surface area contributed by atoms with Crippen molar-refractivity contribution in [2.75, 3.05) is 0 Å². The van der Waals surface area contributed by atoms with Crippen molar-refractivity contribution in [3.63, 3.8) is 0 Å². The molecule has 0 aliphatic heterocycles. The fourth-order valence-electron chi connectivity index (χ4n) is 11.8. The van der Waals surface area contributed by atoms with E-state index in [1.54, 1.807) is 0 Å². The van der Waals surface area contributed by atoms with Crippen LogP contribution in [-0.4, -0.2) is 8.07 Å². The van der Waals surface area contributed by atoms with E-state index in [-0.39, 0.29) is 42.3 Å². The minimum Gasteiger partial charge on any atom is -1.00 e. The first-order valence-corrected chi connectivity index (χ1v) is 26.7. The summed E-state index contributed by atoms with van der Waals surface area (Å²) in [5.74, 6) is 0. The van der Waals surface area contributed by atoms with Gasteiger partial charge in [0.05, 0.1) is 0 Å². The Labute approximate surface area is 453 Å². The van der Waals surface area contributed by atoms with Crippen LogP contribution in [0.2, 0.25) is 5.04 Å². The molecule has 9 aromatic carbocycles. The summed E-state index contributed by atoms with van der Waals surface area (Å²) in [7, 11) is -3.40. The zero-order valence-corrected chi connectivity index (χ0v) is 46.2. The predicted molar refractivity (Wildman–Crippen MR) is 290 cm³/mol. The average Bonchev–Trinajstić information content (AvgIpc) is 3.53. The van der Waals surface area contributed by atoms with Gasteiger partial charge in [0.15, 0.2) is 0 Å². The van der Waals surface area contributed by atoms with Gasteiger partial charge in [0.1, 0.15) is 0 Å². The molecular formula is C66H57Cl3SiTi. The van der Waals surface area contributed by atoms with E-state index in [9.17, 15) is 0 Å². The zero-order valence-electron chi connectivity index (χ0n) is 41.4. The van der Waals surface area contributed by atoms with Crippen molar-refractivity contribution in [3.05, 3.63) is 256 Å². The second-order valence-corrected chi connectivity index (χ2v) is 24.0. The van der Waals surface area contributed by atoms with Gasteiger partial charge >= 0.3 is 420 Å². The van der Waals surface area contributed by atoms with E-state index in [2.05, 4.69) is 287 Å². The van der Waals surface area contributed by atoms with E-state index in [1.807, 2.05) is 0 Å². The Hall–Kier alpha value is -5.74. The second kappa shape index (κ2) is 21.9. The van der Waals surface area contributed by atoms with Gasteiger partial charge in [-0.1, -0.05) is 0 Å². The van der Waals surface area contributed by atoms with E-state index in [1.165, 1.54) is 120 Å². The predicted octanol–water partition coefficient (Wildman–Crippen LogP) is 7.03. The van der Waals surface area contributed by atoms with E-state index in [4.69, 9.17) is 0 Å². The minimum atomic E-state index is -3.40. The van der Waals surface area contributed by atoms with Crippen LogP contribution in [0.15, 0.2) is 239 Å². The number of hydrogen-bond donors (Lipinski definition) is 0. The standard InChI is InChI=1S/C66H57Si.3ClH.Ti/c1-45-38-57(41-60(51-26-14-8-15-27-51)63(45)54-32-20-11-21-33-54)67(66(7)44-48(4)49(5)50(66)6,58-39-46(2)64(55-34-22-12-23-35-55)61(42-58)52-28-16-9-17-29-52)59-40-47(3)65(56-36-24-13-25-37-56)62(43-59)53-30-18-10-19-31-53;;;;/h8-43H,1-7H3;3*1H;/q;;;;+3/p-3. The number of halogens is 3. The Morgan fingerprint density at radius 3 is 0.789 bits per heavy atom. The largest absolute Gasteiger partial charge is 1.00 e. The van der Waals surface area contributed by atoms with Gasteiger partial charge in [-0.05, 0) is 0 Å². The molecule has 1 aliphatic rings. The van der Waals surface area contributed by atoms with Crippen LogP contribution in [0.4, 0.5) is 0 Å². The third kappa shape index (κ3) is 9.12. The van der Waals surface area contributed by atoms with Crippen LogP contribution >= 0.6 is 0 Å². The molecule has 0 amide bonds. The van der Waals surface area contributed by atoms with E-state index in [0.29, 0.717) is 0 Å². The SMILES string of the molecule is CC1=C(C)C(C)([Si](c2cc(C)c(-c3ccccc3)c(-c3ccccc3)c2)(c2cc(C)c(-c3ccccc3)c(-c3ccccc3)c2)c2cc(C)c(-c3ccccc3)c(-c3ccccc3)c2)[C]([Ti+3])=C1C.[Cl-].[Cl-].[Cl-]. The van der Waals surface area contributed by atoms with E-state index >= 15 is 0 Å². The molecule has 0 N–H and O–H groups in total. The van der Waals surface area contributed by atoms with E-state index in [0.717, 1.165) is 0 Å². The van der Waals surface area contributed by atoms with Crippen LogP contribution in [0.3, 0.4) is 0 Å². The molecule has 0 fully saturated rings. The first-order valence-electron chi connectivity index (χ1n) is 23.9. The second-order valence-electron chi connectivity index (χ2n) is 19.0. The molecule has 0 radical (unpaired) electrons. The molecule has 1 atom stereocenters. The molecule has 1 aliphatic carbocycles. The van der Waals surface area contributed by atoms with Crippen LogP contribution in [0.5, 0.6) is 0 Å². The van der Waals surface area contributed by atoms with Crippen LogP contribution in [0, 0.1) is 20.8 Å². The monoisotopic (exact) mass is 1030 g/mol. The Morgan fingerprint density at radius 1 is 0.324 bits per heavy atom. The summed E-state index contributed by atoms with van der Waals surface area (Å²) in [6.45, 7) is 16.9. The van der Waals surface area contributed by atoms with Crippen molar-refractivity contribution in [1.82, 2.24) is 0 Å². The molecule has 1 unspecified atom stereocenters. The summed E-state index contributed by atoms with van der Waals surface area (Å²) in [4.78, 5) is 0. The van der Waals surface area contributed by atoms with Crippen LogP contribution < -0.4 is 52.8 Å². The van der Waals surface area contributed by atoms with Gasteiger partial charge in [-0.25, -0.2) is 0 Å². The van der Waals surface area contributed by atoms with Gasteiger partial charge in [-0.2, -0.15) is 0 Å². The molecule has 350 valence electrons. The molecular weight excluding hydrogens is 975 g/mol. The molecule has 0 heterocycles. The molecule has 71 heavy (non-hydrogen) atoms. The molecule has 5 heteroatoms. The van der Waals surface area contributed by atoms with Crippen LogP contribution in [0.1, 0.15) is 44.4 Å². The molecule has 0 nitrogen and oxygen atoms in total. The molecule has 9 aromatic rings. The third-order valence-corrected chi connectivity index (χ3v) is 22.6. The van der Waals surface area contributed by atoms with E-state index < -0.39 is 8.07 Å². The van der Waals surface area contributed by atoms with Crippen molar-refractivity contribution in [3.8, 4) is 66.8 Å². The maximum atomic E-state index is 2.64. The average molecular weight is 1030 g/mol. The van der Waals surface area contributed by atoms with Gasteiger partial charge in [0, 0.05) is 0 Å². The summed E-state index contributed by atoms with van der Waals surface area (Å²) in [6, 6.07) is 82.2. The van der Waals surface area contributed by atoms with Gasteiger partial charge < -0.3 is 37.2 Å². The summed E-state index contributed by atoms with van der Waals surface area (Å²) in [6.07, 6.45) is 0. The smallest absolute Gasteiger partial charge is 1.00 e. The minimum absolute atomic E-state index is 0. The van der Waals surface area contributed by atoms with Gasteiger partial charge in [-0.3, -0.25) is 0 Å². The number of rotatable bonds is 10. The number of benzene rings is 9. The Balaban J connectivity index is 0.00000247. The quantitative estimate of drug-likeness (QED) is 0.102. The van der Waals surface area contributed by atoms with Gasteiger partial charge in [-0.15, -0.1) is 0 Å². The maximum absolute atomic E-state index is 3.40.